The zero-order chi connectivity index (χ0) is 12.5. The summed E-state index contributed by atoms with van der Waals surface area (Å²) in [5.74, 6) is 0. The summed E-state index contributed by atoms with van der Waals surface area (Å²) in [6.45, 7) is 0. The van der Waals surface area contributed by atoms with Crippen LogP contribution in [0.4, 0.5) is 0 Å². The molecule has 3 rings (SSSR count). The van der Waals surface area contributed by atoms with Crippen molar-refractivity contribution in [1.82, 2.24) is 4.98 Å². The Balaban J connectivity index is 2.44. The first-order valence-corrected chi connectivity index (χ1v) is 8.00. The van der Waals surface area contributed by atoms with Crippen LogP contribution in [0.5, 0.6) is 0 Å². The molecule has 90 valence electrons. The number of alkyl halides is 2. The van der Waals surface area contributed by atoms with Crippen LogP contribution in [0.25, 0.3) is 21.8 Å². The maximum atomic E-state index is 4.75. The first-order chi connectivity index (χ1) is 8.83. The molecule has 0 aliphatic heterocycles. The number of aromatic nitrogens is 1. The fraction of sp³-hybridized carbons (Fsp3) is 0.133. The molecule has 18 heavy (non-hydrogen) atoms. The maximum Gasteiger partial charge on any atom is 0.0712 e. The van der Waals surface area contributed by atoms with E-state index in [-0.39, 0.29) is 0 Å². The Morgan fingerprint density at radius 2 is 1.28 bits per heavy atom. The molecule has 0 atom stereocenters. The van der Waals surface area contributed by atoms with Crippen LogP contribution in [0, 0.1) is 0 Å². The highest BCUT2D eigenvalue weighted by Crippen LogP contribution is 2.27. The molecule has 0 fully saturated rings. The minimum atomic E-state index is 0.855. The summed E-state index contributed by atoms with van der Waals surface area (Å²) in [6.07, 6.45) is 0. The molecule has 0 radical (unpaired) electrons. The van der Waals surface area contributed by atoms with Crippen LogP contribution in [0.15, 0.2) is 42.5 Å². The van der Waals surface area contributed by atoms with E-state index in [4.69, 9.17) is 4.98 Å². The molecule has 0 saturated carbocycles. The number of hydrogen-bond donors (Lipinski definition) is 0. The van der Waals surface area contributed by atoms with E-state index in [1.165, 1.54) is 21.9 Å². The average molecular weight is 365 g/mol. The molecule has 1 nitrogen and oxygen atoms in total. The molecule has 0 aliphatic rings. The Kier molecular flexibility index (Phi) is 3.35. The summed E-state index contributed by atoms with van der Waals surface area (Å²) in [4.78, 5) is 4.75. The number of pyridine rings is 1. The van der Waals surface area contributed by atoms with Crippen molar-refractivity contribution < 1.29 is 0 Å². The van der Waals surface area contributed by atoms with E-state index in [1.807, 2.05) is 0 Å². The van der Waals surface area contributed by atoms with Crippen LogP contribution in [0.1, 0.15) is 11.1 Å². The van der Waals surface area contributed by atoms with Gasteiger partial charge in [-0.15, -0.1) is 0 Å². The van der Waals surface area contributed by atoms with E-state index in [0.717, 1.165) is 21.7 Å². The normalized spacial score (nSPS) is 11.2. The lowest BCUT2D eigenvalue weighted by atomic mass is 10.0. The van der Waals surface area contributed by atoms with Crippen molar-refractivity contribution in [3.05, 3.63) is 53.6 Å². The summed E-state index contributed by atoms with van der Waals surface area (Å²) < 4.78 is 0. The quantitative estimate of drug-likeness (QED) is 0.451. The number of rotatable bonds is 2. The maximum absolute atomic E-state index is 4.75. The molecular weight excluding hydrogens is 354 g/mol. The summed E-state index contributed by atoms with van der Waals surface area (Å²) in [6, 6.07) is 14.8. The van der Waals surface area contributed by atoms with Gasteiger partial charge in [-0.05, 0) is 29.3 Å². The van der Waals surface area contributed by atoms with Gasteiger partial charge in [0, 0.05) is 21.4 Å². The fourth-order valence-corrected chi connectivity index (χ4v) is 3.21. The predicted molar refractivity (Wildman–Crippen MR) is 84.5 cm³/mol. The lowest BCUT2D eigenvalue weighted by Crippen LogP contribution is -1.89. The second-order valence-corrected chi connectivity index (χ2v) is 5.34. The van der Waals surface area contributed by atoms with Gasteiger partial charge in [0.2, 0.25) is 0 Å². The Morgan fingerprint density at radius 3 is 1.72 bits per heavy atom. The van der Waals surface area contributed by atoms with Crippen LogP contribution in [-0.4, -0.2) is 4.98 Å². The minimum Gasteiger partial charge on any atom is -0.248 e. The second-order valence-electron chi connectivity index (χ2n) is 4.22. The van der Waals surface area contributed by atoms with E-state index in [0.29, 0.717) is 0 Å². The predicted octanol–water partition coefficient (Wildman–Crippen LogP) is 5.18. The summed E-state index contributed by atoms with van der Waals surface area (Å²) in [5.41, 5.74) is 4.69. The van der Waals surface area contributed by atoms with Crippen molar-refractivity contribution in [2.24, 2.45) is 0 Å². The van der Waals surface area contributed by atoms with E-state index < -0.39 is 0 Å². The largest absolute Gasteiger partial charge is 0.248 e. The van der Waals surface area contributed by atoms with Gasteiger partial charge in [0.1, 0.15) is 0 Å². The highest BCUT2D eigenvalue weighted by Gasteiger charge is 2.06. The fourth-order valence-electron chi connectivity index (χ4n) is 2.23. The standard InChI is InChI=1S/C15H11Br2N/c16-8-10-3-1-5-14-12(10)7-13-11(9-17)4-2-6-15(13)18-14/h1-7H,8-9H2. The average Bonchev–Trinajstić information content (AvgIpc) is 2.43. The van der Waals surface area contributed by atoms with Crippen LogP contribution in [-0.2, 0) is 10.7 Å². The van der Waals surface area contributed by atoms with Crippen LogP contribution in [0.2, 0.25) is 0 Å². The smallest absolute Gasteiger partial charge is 0.0712 e. The van der Waals surface area contributed by atoms with Gasteiger partial charge in [0.25, 0.3) is 0 Å². The van der Waals surface area contributed by atoms with Crippen LogP contribution >= 0.6 is 31.9 Å². The van der Waals surface area contributed by atoms with Gasteiger partial charge in [-0.2, -0.15) is 0 Å². The third-order valence-electron chi connectivity index (χ3n) is 3.16. The monoisotopic (exact) mass is 363 g/mol. The third kappa shape index (κ3) is 1.95. The van der Waals surface area contributed by atoms with Gasteiger partial charge in [0.05, 0.1) is 11.0 Å². The molecule has 3 heteroatoms. The van der Waals surface area contributed by atoms with E-state index in [9.17, 15) is 0 Å². The van der Waals surface area contributed by atoms with Crippen molar-refractivity contribution in [1.29, 1.82) is 0 Å². The van der Waals surface area contributed by atoms with Gasteiger partial charge in [-0.25, -0.2) is 4.98 Å². The van der Waals surface area contributed by atoms with E-state index in [1.54, 1.807) is 0 Å². The highest BCUT2D eigenvalue weighted by atomic mass is 79.9. The van der Waals surface area contributed by atoms with Gasteiger partial charge in [0.15, 0.2) is 0 Å². The number of fused-ring (bicyclic) bond motifs is 2. The first kappa shape index (κ1) is 12.1. The molecule has 1 heterocycles. The molecule has 0 saturated heterocycles. The first-order valence-electron chi connectivity index (χ1n) is 5.75. The Bertz CT molecular complexity index is 663. The second kappa shape index (κ2) is 4.98. The zero-order valence-corrected chi connectivity index (χ0v) is 12.8. The number of hydrogen-bond acceptors (Lipinski definition) is 1. The van der Waals surface area contributed by atoms with Crippen molar-refractivity contribution in [2.75, 3.05) is 0 Å². The van der Waals surface area contributed by atoms with E-state index in [2.05, 4.69) is 74.3 Å². The Hall–Kier alpha value is -0.930. The molecule has 0 spiro atoms. The third-order valence-corrected chi connectivity index (χ3v) is 4.37. The van der Waals surface area contributed by atoms with E-state index >= 15 is 0 Å². The minimum absolute atomic E-state index is 0.855. The molecule has 1 aromatic heterocycles. The molecule has 0 bridgehead atoms. The summed E-state index contributed by atoms with van der Waals surface area (Å²) >= 11 is 7.08. The Labute approximate surface area is 122 Å². The van der Waals surface area contributed by atoms with Gasteiger partial charge in [-0.3, -0.25) is 0 Å². The molecule has 0 amide bonds. The summed E-state index contributed by atoms with van der Waals surface area (Å²) in [7, 11) is 0. The van der Waals surface area contributed by atoms with Gasteiger partial charge >= 0.3 is 0 Å². The molecule has 0 unspecified atom stereocenters. The number of halogens is 2. The van der Waals surface area contributed by atoms with Gasteiger partial charge < -0.3 is 0 Å². The topological polar surface area (TPSA) is 12.9 Å². The zero-order valence-electron chi connectivity index (χ0n) is 9.66. The molecule has 3 aromatic rings. The van der Waals surface area contributed by atoms with Gasteiger partial charge in [-0.1, -0.05) is 56.1 Å². The van der Waals surface area contributed by atoms with Crippen molar-refractivity contribution >= 4 is 53.7 Å². The molecular formula is C15H11Br2N. The van der Waals surface area contributed by atoms with Crippen LogP contribution < -0.4 is 0 Å². The number of benzene rings is 2. The SMILES string of the molecule is BrCc1cccc2nc3cccc(CBr)c3cc12. The molecule has 2 aromatic carbocycles. The lowest BCUT2D eigenvalue weighted by molar-refractivity contribution is 1.41. The highest BCUT2D eigenvalue weighted by molar-refractivity contribution is 9.08. The van der Waals surface area contributed by atoms with Crippen molar-refractivity contribution in [3.8, 4) is 0 Å². The number of nitrogens with zero attached hydrogens (tertiary/aromatic N) is 1. The van der Waals surface area contributed by atoms with Crippen molar-refractivity contribution in [3.63, 3.8) is 0 Å². The van der Waals surface area contributed by atoms with Crippen LogP contribution in [0.3, 0.4) is 0 Å². The molecule has 0 N–H and O–H groups in total. The lowest BCUT2D eigenvalue weighted by Gasteiger charge is -2.08. The van der Waals surface area contributed by atoms with Crippen molar-refractivity contribution in [2.45, 2.75) is 10.7 Å². The summed E-state index contributed by atoms with van der Waals surface area (Å²) in [5, 5.41) is 4.17. The Morgan fingerprint density at radius 1 is 0.778 bits per heavy atom. The molecule has 0 aliphatic carbocycles.